The van der Waals surface area contributed by atoms with Gasteiger partial charge in [-0.2, -0.15) is 0 Å². The molecule has 1 aliphatic rings. The fourth-order valence-electron chi connectivity index (χ4n) is 2.25. The summed E-state index contributed by atoms with van der Waals surface area (Å²) in [6, 6.07) is 0. The number of ketones is 2. The molecule has 0 radical (unpaired) electrons. The predicted molar refractivity (Wildman–Crippen MR) is 74.2 cm³/mol. The van der Waals surface area contributed by atoms with Gasteiger partial charge in [0.15, 0.2) is 5.78 Å². The van der Waals surface area contributed by atoms with Crippen molar-refractivity contribution in [3.05, 3.63) is 32.7 Å². The van der Waals surface area contributed by atoms with Gasteiger partial charge in [0.05, 0.1) is 16.0 Å². The fraction of sp³-hybridized carbons (Fsp3) is 0.286. The molecular weight excluding hydrogens is 264 g/mol. The molecule has 0 saturated carbocycles. The molecule has 0 aromatic heterocycles. The van der Waals surface area contributed by atoms with Gasteiger partial charge < -0.3 is 10.2 Å². The van der Waals surface area contributed by atoms with Crippen molar-refractivity contribution in [2.75, 3.05) is 0 Å². The van der Waals surface area contributed by atoms with Gasteiger partial charge in [-0.25, -0.2) is 0 Å². The number of fused-ring (bicyclic) bond motifs is 1. The minimum atomic E-state index is -0.523. The van der Waals surface area contributed by atoms with E-state index in [0.29, 0.717) is 17.5 Å². The Hall–Kier alpha value is -1.75. The molecule has 0 unspecified atom stereocenters. The summed E-state index contributed by atoms with van der Waals surface area (Å²) in [5.74, 6) is -1.47. The second-order valence-corrected chi connectivity index (χ2v) is 4.98. The number of hydrogen-bond acceptors (Lipinski definition) is 5. The molecule has 0 fully saturated rings. The van der Waals surface area contributed by atoms with E-state index in [-0.39, 0.29) is 33.1 Å². The van der Waals surface area contributed by atoms with Crippen LogP contribution in [0.3, 0.4) is 0 Å². The van der Waals surface area contributed by atoms with E-state index >= 15 is 0 Å². The number of phenols is 2. The number of Topliss-reactive ketones (excluding diaryl/α,β-unsaturated/α-hetero) is 2. The average Bonchev–Trinajstić information content (AvgIpc) is 2.38. The Bertz CT molecular complexity index is 656. The fourth-order valence-corrected chi connectivity index (χ4v) is 2.62. The monoisotopic (exact) mass is 278 g/mol. The zero-order valence-electron chi connectivity index (χ0n) is 10.9. The van der Waals surface area contributed by atoms with Crippen LogP contribution >= 0.6 is 12.6 Å². The van der Waals surface area contributed by atoms with Crippen LogP contribution in [0.15, 0.2) is 10.5 Å². The van der Waals surface area contributed by atoms with Crippen LogP contribution in [0.1, 0.15) is 45.2 Å². The largest absolute Gasteiger partial charge is 0.507 e. The number of aromatic hydroxyl groups is 2. The Morgan fingerprint density at radius 1 is 0.947 bits per heavy atom. The molecule has 0 heterocycles. The zero-order chi connectivity index (χ0) is 14.5. The summed E-state index contributed by atoms with van der Waals surface area (Å²) < 4.78 is 0. The molecular formula is C14H14O4S. The van der Waals surface area contributed by atoms with Crippen LogP contribution in [0.2, 0.25) is 0 Å². The standard InChI is InChI=1S/C14H14O4S/c1-4-7-12(17)8-9(13(18)14(7)19)11(16)6(3)5(2)10(8)15/h15-16,19H,4H2,1-3H3. The Morgan fingerprint density at radius 3 is 1.79 bits per heavy atom. The predicted octanol–water partition coefficient (Wildman–Crippen LogP) is 2.69. The summed E-state index contributed by atoms with van der Waals surface area (Å²) in [4.78, 5) is 24.6. The van der Waals surface area contributed by atoms with Gasteiger partial charge in [0, 0.05) is 5.57 Å². The zero-order valence-corrected chi connectivity index (χ0v) is 11.8. The maximum absolute atomic E-state index is 12.3. The van der Waals surface area contributed by atoms with Crippen LogP contribution in [-0.2, 0) is 0 Å². The van der Waals surface area contributed by atoms with E-state index in [1.807, 2.05) is 0 Å². The third-order valence-electron chi connectivity index (χ3n) is 3.58. The molecule has 1 aromatic rings. The number of hydrogen-bond donors (Lipinski definition) is 3. The van der Waals surface area contributed by atoms with E-state index in [1.54, 1.807) is 20.8 Å². The van der Waals surface area contributed by atoms with Gasteiger partial charge in [-0.15, -0.1) is 12.6 Å². The molecule has 1 aromatic carbocycles. The van der Waals surface area contributed by atoms with Gasteiger partial charge in [-0.1, -0.05) is 6.92 Å². The molecule has 2 rings (SSSR count). The number of allylic oxidation sites excluding steroid dienone is 2. The van der Waals surface area contributed by atoms with Gasteiger partial charge in [0.2, 0.25) is 5.78 Å². The van der Waals surface area contributed by atoms with Gasteiger partial charge in [-0.3, -0.25) is 9.59 Å². The van der Waals surface area contributed by atoms with Crippen LogP contribution in [-0.4, -0.2) is 21.8 Å². The maximum atomic E-state index is 12.3. The average molecular weight is 278 g/mol. The Balaban J connectivity index is 2.92. The molecule has 100 valence electrons. The summed E-state index contributed by atoms with van der Waals surface area (Å²) in [5.41, 5.74) is 0.792. The highest BCUT2D eigenvalue weighted by Crippen LogP contribution is 2.43. The normalized spacial score (nSPS) is 14.9. The van der Waals surface area contributed by atoms with Crippen LogP contribution in [0.5, 0.6) is 11.5 Å². The Morgan fingerprint density at radius 2 is 1.37 bits per heavy atom. The lowest BCUT2D eigenvalue weighted by atomic mass is 9.84. The highest BCUT2D eigenvalue weighted by molar-refractivity contribution is 7.85. The maximum Gasteiger partial charge on any atom is 0.204 e. The van der Waals surface area contributed by atoms with Gasteiger partial charge in [0.1, 0.15) is 11.5 Å². The number of carbonyl (C=O) groups excluding carboxylic acids is 2. The first-order valence-corrected chi connectivity index (χ1v) is 6.34. The molecule has 0 aliphatic heterocycles. The molecule has 0 spiro atoms. The van der Waals surface area contributed by atoms with Crippen LogP contribution in [0.4, 0.5) is 0 Å². The smallest absolute Gasteiger partial charge is 0.204 e. The number of phenolic OH excluding ortho intramolecular Hbond substituents is 2. The van der Waals surface area contributed by atoms with Crippen molar-refractivity contribution < 1.29 is 19.8 Å². The lowest BCUT2D eigenvalue weighted by Crippen LogP contribution is -2.21. The molecule has 19 heavy (non-hydrogen) atoms. The van der Waals surface area contributed by atoms with Gasteiger partial charge in [-0.05, 0) is 31.4 Å². The van der Waals surface area contributed by atoms with Crippen LogP contribution < -0.4 is 0 Å². The van der Waals surface area contributed by atoms with Gasteiger partial charge >= 0.3 is 0 Å². The second kappa shape index (κ2) is 4.42. The van der Waals surface area contributed by atoms with E-state index in [0.717, 1.165) is 0 Å². The van der Waals surface area contributed by atoms with E-state index < -0.39 is 11.6 Å². The minimum absolute atomic E-state index is 0.0398. The lowest BCUT2D eigenvalue weighted by Gasteiger charge is -2.22. The topological polar surface area (TPSA) is 74.6 Å². The van der Waals surface area contributed by atoms with Crippen molar-refractivity contribution in [3.63, 3.8) is 0 Å². The van der Waals surface area contributed by atoms with Crippen molar-refractivity contribution in [2.45, 2.75) is 27.2 Å². The third-order valence-corrected chi connectivity index (χ3v) is 4.05. The molecule has 0 amide bonds. The Labute approximate surface area is 116 Å². The highest BCUT2D eigenvalue weighted by atomic mass is 32.1. The number of rotatable bonds is 1. The van der Waals surface area contributed by atoms with Crippen molar-refractivity contribution in [1.82, 2.24) is 0 Å². The number of thiol groups is 1. The highest BCUT2D eigenvalue weighted by Gasteiger charge is 2.36. The van der Waals surface area contributed by atoms with E-state index in [2.05, 4.69) is 12.6 Å². The number of benzene rings is 1. The quantitative estimate of drug-likeness (QED) is 0.545. The summed E-state index contributed by atoms with van der Waals surface area (Å²) in [5, 5.41) is 20.2. The van der Waals surface area contributed by atoms with E-state index in [9.17, 15) is 19.8 Å². The number of carbonyl (C=O) groups is 2. The van der Waals surface area contributed by atoms with Crippen LogP contribution in [0.25, 0.3) is 0 Å². The molecule has 0 bridgehead atoms. The van der Waals surface area contributed by atoms with Crippen molar-refractivity contribution in [2.24, 2.45) is 0 Å². The SMILES string of the molecule is CCC1=C(S)C(=O)c2c(O)c(C)c(C)c(O)c2C1=O. The summed E-state index contributed by atoms with van der Waals surface area (Å²) in [6.07, 6.45) is 0.343. The molecule has 4 nitrogen and oxygen atoms in total. The Kier molecular flexibility index (Phi) is 3.18. The molecule has 0 saturated heterocycles. The molecule has 0 atom stereocenters. The molecule has 2 N–H and O–H groups in total. The molecule has 1 aliphatic carbocycles. The third kappa shape index (κ3) is 1.69. The summed E-state index contributed by atoms with van der Waals surface area (Å²) in [7, 11) is 0. The van der Waals surface area contributed by atoms with E-state index in [4.69, 9.17) is 0 Å². The van der Waals surface area contributed by atoms with Crippen molar-refractivity contribution >= 4 is 24.2 Å². The first-order valence-electron chi connectivity index (χ1n) is 5.89. The summed E-state index contributed by atoms with van der Waals surface area (Å²) >= 11 is 4.07. The lowest BCUT2D eigenvalue weighted by molar-refractivity contribution is 0.0974. The van der Waals surface area contributed by atoms with E-state index in [1.165, 1.54) is 0 Å². The first-order chi connectivity index (χ1) is 8.82. The first kappa shape index (κ1) is 13.7. The molecule has 5 heteroatoms. The minimum Gasteiger partial charge on any atom is -0.507 e. The summed E-state index contributed by atoms with van der Waals surface area (Å²) in [6.45, 7) is 4.91. The van der Waals surface area contributed by atoms with Crippen LogP contribution in [0, 0.1) is 13.8 Å². The van der Waals surface area contributed by atoms with Crippen molar-refractivity contribution in [1.29, 1.82) is 0 Å². The van der Waals surface area contributed by atoms with Gasteiger partial charge in [0.25, 0.3) is 0 Å². The second-order valence-electron chi connectivity index (χ2n) is 4.54. The van der Waals surface area contributed by atoms with Crippen molar-refractivity contribution in [3.8, 4) is 11.5 Å².